The summed E-state index contributed by atoms with van der Waals surface area (Å²) >= 11 is 0. The summed E-state index contributed by atoms with van der Waals surface area (Å²) in [5.74, 6) is -0.211. The van der Waals surface area contributed by atoms with Crippen molar-refractivity contribution in [2.24, 2.45) is 0 Å². The van der Waals surface area contributed by atoms with E-state index in [1.54, 1.807) is 6.92 Å². The summed E-state index contributed by atoms with van der Waals surface area (Å²) in [6, 6.07) is 0. The van der Waals surface area contributed by atoms with Crippen LogP contribution >= 0.6 is 8.60 Å². The first kappa shape index (κ1) is 11.8. The Labute approximate surface area is 72.6 Å². The fourth-order valence-corrected chi connectivity index (χ4v) is 1.01. The van der Waals surface area contributed by atoms with Crippen LogP contribution in [0.5, 0.6) is 0 Å². The second kappa shape index (κ2) is 7.43. The molecule has 1 saturated heterocycles. The number of hydrogen-bond donors (Lipinski definition) is 1. The number of ether oxygens (including phenoxy) is 1. The highest BCUT2D eigenvalue weighted by Gasteiger charge is 2.12. The van der Waals surface area contributed by atoms with E-state index in [-0.39, 0.29) is 5.97 Å². The molecule has 0 saturated carbocycles. The summed E-state index contributed by atoms with van der Waals surface area (Å²) < 4.78 is 13.5. The molecule has 1 aliphatic heterocycles. The van der Waals surface area contributed by atoms with Crippen molar-refractivity contribution in [3.63, 3.8) is 0 Å². The van der Waals surface area contributed by atoms with Crippen LogP contribution in [0.25, 0.3) is 0 Å². The third kappa shape index (κ3) is 7.88. The monoisotopic (exact) mass is 196 g/mol. The minimum Gasteiger partial charge on any atom is -0.466 e. The summed E-state index contributed by atoms with van der Waals surface area (Å²) in [6.07, 6.45) is 0. The molecule has 0 spiro atoms. The zero-order valence-electron chi connectivity index (χ0n) is 7.15. The Bertz CT molecular complexity index is 123. The Kier molecular flexibility index (Phi) is 7.29. The molecule has 0 atom stereocenters. The van der Waals surface area contributed by atoms with Crippen molar-refractivity contribution in [2.75, 3.05) is 19.8 Å². The molecule has 1 aliphatic rings. The fourth-order valence-electron chi connectivity index (χ4n) is 0.471. The van der Waals surface area contributed by atoms with Crippen LogP contribution in [-0.2, 0) is 18.6 Å². The highest BCUT2D eigenvalue weighted by molar-refractivity contribution is 7.40. The maximum atomic E-state index is 9.82. The molecule has 12 heavy (non-hydrogen) atoms. The average molecular weight is 196 g/mol. The summed E-state index contributed by atoms with van der Waals surface area (Å²) in [5.41, 5.74) is 0. The van der Waals surface area contributed by atoms with Gasteiger partial charge in [0.15, 0.2) is 0 Å². The van der Waals surface area contributed by atoms with E-state index in [0.717, 1.165) is 0 Å². The van der Waals surface area contributed by atoms with Gasteiger partial charge in [0.25, 0.3) is 0 Å². The van der Waals surface area contributed by atoms with Crippen LogP contribution in [0, 0.1) is 0 Å². The summed E-state index contributed by atoms with van der Waals surface area (Å²) in [5, 5.41) is 0. The van der Waals surface area contributed by atoms with E-state index in [2.05, 4.69) is 13.8 Å². The van der Waals surface area contributed by atoms with Crippen molar-refractivity contribution in [1.82, 2.24) is 0 Å². The molecule has 6 heteroatoms. The van der Waals surface area contributed by atoms with Crippen molar-refractivity contribution in [1.29, 1.82) is 0 Å². The van der Waals surface area contributed by atoms with E-state index in [1.807, 2.05) is 0 Å². The first-order valence-electron chi connectivity index (χ1n) is 3.55. The third-order valence-electron chi connectivity index (χ3n) is 0.834. The predicted molar refractivity (Wildman–Crippen MR) is 43.3 cm³/mol. The second-order valence-electron chi connectivity index (χ2n) is 1.83. The van der Waals surface area contributed by atoms with Crippen molar-refractivity contribution < 1.29 is 23.5 Å². The smallest absolute Gasteiger partial charge is 0.330 e. The molecule has 0 bridgehead atoms. The third-order valence-corrected chi connectivity index (χ3v) is 1.64. The average Bonchev–Trinajstić information content (AvgIpc) is 2.40. The van der Waals surface area contributed by atoms with Crippen LogP contribution in [-0.4, -0.2) is 30.7 Å². The van der Waals surface area contributed by atoms with E-state index < -0.39 is 8.60 Å². The Balaban J connectivity index is 0.000000202. The topological polar surface area (TPSA) is 65.0 Å². The maximum Gasteiger partial charge on any atom is 0.330 e. The molecule has 5 nitrogen and oxygen atoms in total. The molecule has 72 valence electrons. The molecule has 0 radical (unpaired) electrons. The highest BCUT2D eigenvalue weighted by Crippen LogP contribution is 2.36. The van der Waals surface area contributed by atoms with Gasteiger partial charge in [-0.25, -0.2) is 0 Å². The van der Waals surface area contributed by atoms with Gasteiger partial charge in [-0.05, 0) is 6.92 Å². The van der Waals surface area contributed by atoms with Crippen LogP contribution in [0.2, 0.25) is 0 Å². The Morgan fingerprint density at radius 1 is 1.58 bits per heavy atom. The molecule has 0 aromatic rings. The lowest BCUT2D eigenvalue weighted by atomic mass is 10.8. The standard InChI is InChI=1S/C4H8O2.C2H5O3P/c1-3-6-4(2)5;3-6-4-1-2-5-6/h3H2,1-2H3;3H,1-2H2. The van der Waals surface area contributed by atoms with E-state index >= 15 is 0 Å². The first-order valence-corrected chi connectivity index (χ1v) is 4.68. The Morgan fingerprint density at radius 3 is 2.17 bits per heavy atom. The van der Waals surface area contributed by atoms with Crippen molar-refractivity contribution in [2.45, 2.75) is 13.8 Å². The van der Waals surface area contributed by atoms with Crippen molar-refractivity contribution in [3.05, 3.63) is 0 Å². The highest BCUT2D eigenvalue weighted by atomic mass is 31.2. The lowest BCUT2D eigenvalue weighted by Gasteiger charge is -1.90. The van der Waals surface area contributed by atoms with E-state index in [1.165, 1.54) is 6.92 Å². The molecule has 1 rings (SSSR count). The zero-order chi connectivity index (χ0) is 9.40. The molecule has 1 fully saturated rings. The van der Waals surface area contributed by atoms with Crippen LogP contribution in [0.15, 0.2) is 0 Å². The van der Waals surface area contributed by atoms with Gasteiger partial charge in [0.1, 0.15) is 0 Å². The van der Waals surface area contributed by atoms with E-state index in [4.69, 9.17) is 4.89 Å². The van der Waals surface area contributed by atoms with Gasteiger partial charge in [0.05, 0.1) is 19.8 Å². The summed E-state index contributed by atoms with van der Waals surface area (Å²) in [7, 11) is -1.47. The van der Waals surface area contributed by atoms with Gasteiger partial charge in [-0.2, -0.15) is 0 Å². The fraction of sp³-hybridized carbons (Fsp3) is 0.833. The normalized spacial score (nSPS) is 16.6. The van der Waals surface area contributed by atoms with Gasteiger partial charge in [0, 0.05) is 6.92 Å². The van der Waals surface area contributed by atoms with Crippen molar-refractivity contribution >= 4 is 14.6 Å². The maximum absolute atomic E-state index is 9.82. The molecule has 0 aromatic carbocycles. The van der Waals surface area contributed by atoms with Gasteiger partial charge in [-0.3, -0.25) is 4.79 Å². The van der Waals surface area contributed by atoms with Gasteiger partial charge in [0.2, 0.25) is 0 Å². The minimum absolute atomic E-state index is 0.211. The molecule has 1 heterocycles. The largest absolute Gasteiger partial charge is 0.466 e. The van der Waals surface area contributed by atoms with Gasteiger partial charge in [-0.1, -0.05) is 0 Å². The quantitative estimate of drug-likeness (QED) is 0.496. The second-order valence-corrected chi connectivity index (χ2v) is 2.82. The Hall–Kier alpha value is -0.220. The number of carbonyl (C=O) groups excluding carboxylic acids is 1. The first-order chi connectivity index (χ1) is 5.66. The molecule has 1 N–H and O–H groups in total. The predicted octanol–water partition coefficient (Wildman–Crippen LogP) is 0.822. The van der Waals surface area contributed by atoms with Gasteiger partial charge >= 0.3 is 14.6 Å². The van der Waals surface area contributed by atoms with Crippen LogP contribution < -0.4 is 0 Å². The molecular formula is C6H13O5P. The number of esters is 1. The molecule has 0 unspecified atom stereocenters. The van der Waals surface area contributed by atoms with E-state index in [9.17, 15) is 4.79 Å². The molecular weight excluding hydrogens is 183 g/mol. The van der Waals surface area contributed by atoms with Crippen molar-refractivity contribution in [3.8, 4) is 0 Å². The lowest BCUT2D eigenvalue weighted by Crippen LogP contribution is -1.95. The number of hydrogen-bond acceptors (Lipinski definition) is 5. The molecule has 0 amide bonds. The van der Waals surface area contributed by atoms with Crippen LogP contribution in [0.3, 0.4) is 0 Å². The summed E-state index contributed by atoms with van der Waals surface area (Å²) in [4.78, 5) is 18.2. The Morgan fingerprint density at radius 2 is 2.08 bits per heavy atom. The zero-order valence-corrected chi connectivity index (χ0v) is 8.04. The number of rotatable bonds is 1. The summed E-state index contributed by atoms with van der Waals surface area (Å²) in [6.45, 7) is 4.74. The SMILES string of the molecule is CCOC(C)=O.OP1OCCO1. The molecule has 0 aliphatic carbocycles. The van der Waals surface area contributed by atoms with Crippen LogP contribution in [0.4, 0.5) is 0 Å². The van der Waals surface area contributed by atoms with E-state index in [0.29, 0.717) is 19.8 Å². The van der Waals surface area contributed by atoms with Gasteiger partial charge < -0.3 is 18.7 Å². The lowest BCUT2D eigenvalue weighted by molar-refractivity contribution is -0.140. The van der Waals surface area contributed by atoms with Crippen LogP contribution in [0.1, 0.15) is 13.8 Å². The van der Waals surface area contributed by atoms with Gasteiger partial charge in [-0.15, -0.1) is 0 Å². The minimum atomic E-state index is -1.47. The molecule has 0 aromatic heterocycles. The number of carbonyl (C=O) groups is 1.